The van der Waals surface area contributed by atoms with Crippen molar-refractivity contribution in [2.45, 2.75) is 19.0 Å². The topological polar surface area (TPSA) is 83.0 Å². The lowest BCUT2D eigenvalue weighted by Gasteiger charge is -2.20. The van der Waals surface area contributed by atoms with Crippen LogP contribution in [0, 0.1) is 5.41 Å². The van der Waals surface area contributed by atoms with Gasteiger partial charge in [0.25, 0.3) is 0 Å². The number of rotatable bonds is 4. The van der Waals surface area contributed by atoms with E-state index in [1.165, 1.54) is 18.9 Å². The van der Waals surface area contributed by atoms with Crippen LogP contribution in [0.2, 0.25) is 0 Å². The van der Waals surface area contributed by atoms with E-state index in [1.54, 1.807) is 11.6 Å². The highest BCUT2D eigenvalue weighted by Crippen LogP contribution is 2.27. The van der Waals surface area contributed by atoms with E-state index in [0.717, 1.165) is 0 Å². The van der Waals surface area contributed by atoms with E-state index in [4.69, 9.17) is 10.5 Å². The number of nitrogens with two attached hydrogens (primary N) is 1. The van der Waals surface area contributed by atoms with E-state index in [2.05, 4.69) is 10.2 Å². The first-order valence-electron chi connectivity index (χ1n) is 4.74. The quantitative estimate of drug-likeness (QED) is 0.619. The molecule has 0 aliphatic rings. The van der Waals surface area contributed by atoms with Crippen molar-refractivity contribution in [1.82, 2.24) is 14.8 Å². The van der Waals surface area contributed by atoms with Crippen molar-refractivity contribution in [3.8, 4) is 0 Å². The van der Waals surface area contributed by atoms with Crippen molar-refractivity contribution in [3.63, 3.8) is 0 Å². The minimum atomic E-state index is -0.555. The van der Waals surface area contributed by atoms with Gasteiger partial charge < -0.3 is 10.5 Å². The normalized spacial score (nSPS) is 11.5. The molecule has 0 radical (unpaired) electrons. The average Bonchev–Trinajstić information content (AvgIpc) is 2.56. The number of nitrogens with zero attached hydrogens (tertiary/aromatic N) is 3. The van der Waals surface area contributed by atoms with E-state index in [9.17, 15) is 4.79 Å². The number of hydrogen-bond donors (Lipinski definition) is 1. The summed E-state index contributed by atoms with van der Waals surface area (Å²) in [7, 11) is 3.16. The molecule has 7 heteroatoms. The first-order chi connectivity index (χ1) is 7.38. The summed E-state index contributed by atoms with van der Waals surface area (Å²) >= 11 is 1.43. The molecule has 0 amide bonds. The molecule has 0 atom stereocenters. The fourth-order valence-corrected chi connectivity index (χ4v) is 2.03. The van der Waals surface area contributed by atoms with Crippen LogP contribution in [-0.4, -0.2) is 33.6 Å². The zero-order valence-electron chi connectivity index (χ0n) is 9.85. The largest absolute Gasteiger partial charge is 0.469 e. The summed E-state index contributed by atoms with van der Waals surface area (Å²) < 4.78 is 6.40. The monoisotopic (exact) mass is 244 g/mol. The molecule has 1 aromatic rings. The van der Waals surface area contributed by atoms with Gasteiger partial charge >= 0.3 is 5.97 Å². The molecular formula is C9H16N4O2S. The van der Waals surface area contributed by atoms with Crippen LogP contribution in [0.4, 0.5) is 5.95 Å². The van der Waals surface area contributed by atoms with Gasteiger partial charge in [0.05, 0.1) is 12.5 Å². The first kappa shape index (κ1) is 12.8. The van der Waals surface area contributed by atoms with Gasteiger partial charge in [-0.25, -0.2) is 0 Å². The number of nitrogen functional groups attached to an aromatic ring is 1. The third-order valence-electron chi connectivity index (χ3n) is 2.17. The van der Waals surface area contributed by atoms with Crippen molar-refractivity contribution in [2.75, 3.05) is 18.6 Å². The predicted octanol–water partition coefficient (Wildman–Crippen LogP) is 0.689. The molecule has 2 N–H and O–H groups in total. The Hall–Kier alpha value is -1.24. The summed E-state index contributed by atoms with van der Waals surface area (Å²) in [6.45, 7) is 3.65. The number of thioether (sulfide) groups is 1. The Balaban J connectivity index is 2.64. The van der Waals surface area contributed by atoms with E-state index in [-0.39, 0.29) is 5.97 Å². The lowest BCUT2D eigenvalue weighted by molar-refractivity contribution is -0.149. The zero-order valence-corrected chi connectivity index (χ0v) is 10.7. The maximum Gasteiger partial charge on any atom is 0.312 e. The van der Waals surface area contributed by atoms with Crippen LogP contribution in [0.25, 0.3) is 0 Å². The average molecular weight is 244 g/mol. The Morgan fingerprint density at radius 1 is 1.56 bits per heavy atom. The number of hydrogen-bond acceptors (Lipinski definition) is 6. The maximum absolute atomic E-state index is 11.4. The van der Waals surface area contributed by atoms with Crippen molar-refractivity contribution in [1.29, 1.82) is 0 Å². The van der Waals surface area contributed by atoms with Gasteiger partial charge in [0, 0.05) is 12.8 Å². The standard InChI is InChI=1S/C9H16N4O2S/c1-9(2,6(14)15-4)5-16-8-12-11-7(10)13(8)3/h5H2,1-4H3,(H2,10,11). The molecule has 16 heavy (non-hydrogen) atoms. The van der Waals surface area contributed by atoms with Crippen LogP contribution in [0.3, 0.4) is 0 Å². The van der Waals surface area contributed by atoms with Crippen molar-refractivity contribution < 1.29 is 9.53 Å². The van der Waals surface area contributed by atoms with Gasteiger partial charge in [0.15, 0.2) is 5.16 Å². The van der Waals surface area contributed by atoms with Crippen LogP contribution < -0.4 is 5.73 Å². The van der Waals surface area contributed by atoms with E-state index >= 15 is 0 Å². The summed E-state index contributed by atoms with van der Waals surface area (Å²) in [5.41, 5.74) is 4.99. The number of methoxy groups -OCH3 is 1. The molecule has 1 aromatic heterocycles. The summed E-state index contributed by atoms with van der Waals surface area (Å²) in [6, 6.07) is 0. The number of aromatic nitrogens is 3. The van der Waals surface area contributed by atoms with Crippen LogP contribution in [-0.2, 0) is 16.6 Å². The molecule has 0 spiro atoms. The first-order valence-corrected chi connectivity index (χ1v) is 5.73. The van der Waals surface area contributed by atoms with Gasteiger partial charge in [-0.05, 0) is 13.8 Å². The Morgan fingerprint density at radius 3 is 2.62 bits per heavy atom. The Kier molecular flexibility index (Phi) is 3.79. The van der Waals surface area contributed by atoms with E-state index in [1.807, 2.05) is 13.8 Å². The third kappa shape index (κ3) is 2.66. The number of ether oxygens (including phenoxy) is 1. The van der Waals surface area contributed by atoms with Crippen molar-refractivity contribution in [3.05, 3.63) is 0 Å². The smallest absolute Gasteiger partial charge is 0.312 e. The molecule has 0 fully saturated rings. The summed E-state index contributed by atoms with van der Waals surface area (Å²) in [6.07, 6.45) is 0. The SMILES string of the molecule is COC(=O)C(C)(C)CSc1nnc(N)n1C. The molecule has 0 aliphatic carbocycles. The van der Waals surface area contributed by atoms with Crippen molar-refractivity contribution in [2.24, 2.45) is 12.5 Å². The van der Waals surface area contributed by atoms with Crippen LogP contribution in [0.5, 0.6) is 0 Å². The highest BCUT2D eigenvalue weighted by atomic mass is 32.2. The Labute approximate surface area is 98.6 Å². The lowest BCUT2D eigenvalue weighted by Crippen LogP contribution is -2.28. The molecule has 0 bridgehead atoms. The predicted molar refractivity (Wildman–Crippen MR) is 61.9 cm³/mol. The Morgan fingerprint density at radius 2 is 2.19 bits per heavy atom. The number of carbonyl (C=O) groups excluding carboxylic acids is 1. The highest BCUT2D eigenvalue weighted by Gasteiger charge is 2.29. The maximum atomic E-state index is 11.4. The minimum absolute atomic E-state index is 0.241. The summed E-state index contributed by atoms with van der Waals surface area (Å²) in [5, 5.41) is 8.33. The molecule has 0 saturated heterocycles. The summed E-state index contributed by atoms with van der Waals surface area (Å²) in [4.78, 5) is 11.4. The van der Waals surface area contributed by atoms with Gasteiger partial charge in [-0.15, -0.1) is 10.2 Å². The van der Waals surface area contributed by atoms with E-state index < -0.39 is 5.41 Å². The molecule has 90 valence electrons. The number of anilines is 1. The summed E-state index contributed by atoms with van der Waals surface area (Å²) in [5.74, 6) is 0.680. The fourth-order valence-electron chi connectivity index (χ4n) is 1.03. The van der Waals surface area contributed by atoms with Gasteiger partial charge in [0.2, 0.25) is 5.95 Å². The fraction of sp³-hybridized carbons (Fsp3) is 0.667. The molecule has 1 rings (SSSR count). The second-order valence-corrected chi connectivity index (χ2v) is 5.01. The van der Waals surface area contributed by atoms with Crippen LogP contribution >= 0.6 is 11.8 Å². The molecular weight excluding hydrogens is 228 g/mol. The molecule has 0 aromatic carbocycles. The van der Waals surface area contributed by atoms with Gasteiger partial charge in [0.1, 0.15) is 0 Å². The molecule has 0 unspecified atom stereocenters. The molecule has 0 saturated carbocycles. The van der Waals surface area contributed by atoms with Crippen LogP contribution in [0.15, 0.2) is 5.16 Å². The van der Waals surface area contributed by atoms with E-state index in [0.29, 0.717) is 16.9 Å². The molecule has 6 nitrogen and oxygen atoms in total. The third-order valence-corrected chi connectivity index (χ3v) is 3.65. The van der Waals surface area contributed by atoms with Gasteiger partial charge in [-0.1, -0.05) is 11.8 Å². The molecule has 1 heterocycles. The van der Waals surface area contributed by atoms with Crippen LogP contribution in [0.1, 0.15) is 13.8 Å². The number of esters is 1. The second-order valence-electron chi connectivity index (χ2n) is 4.06. The van der Waals surface area contributed by atoms with Gasteiger partial charge in [-0.3, -0.25) is 9.36 Å². The minimum Gasteiger partial charge on any atom is -0.469 e. The second kappa shape index (κ2) is 4.73. The van der Waals surface area contributed by atoms with Gasteiger partial charge in [-0.2, -0.15) is 0 Å². The highest BCUT2D eigenvalue weighted by molar-refractivity contribution is 7.99. The molecule has 0 aliphatic heterocycles. The lowest BCUT2D eigenvalue weighted by atomic mass is 9.97. The number of carbonyl (C=O) groups is 1. The van der Waals surface area contributed by atoms with Crippen molar-refractivity contribution >= 4 is 23.7 Å². The zero-order chi connectivity index (χ0) is 12.3. The Bertz CT molecular complexity index is 389.